The van der Waals surface area contributed by atoms with Crippen LogP contribution in [0.4, 0.5) is 11.7 Å². The van der Waals surface area contributed by atoms with Crippen molar-refractivity contribution in [2.24, 2.45) is 0 Å². The summed E-state index contributed by atoms with van der Waals surface area (Å²) in [6, 6.07) is 7.66. The molecule has 3 aromatic rings. The minimum Gasteiger partial charge on any atom is -0.460 e. The number of aromatic nitrogens is 3. The zero-order valence-corrected chi connectivity index (χ0v) is 21.8. The third-order valence-corrected chi connectivity index (χ3v) is 6.65. The fourth-order valence-corrected chi connectivity index (χ4v) is 4.62. The Morgan fingerprint density at radius 3 is 2.69 bits per heavy atom. The standard InChI is InChI=1S/C27H32N6O6/c1-36-16-18-5-6-21(24(34)30-15-20-4-2-13-37-20)22(14-18)31-25(35)23-17-38-27(32-23)33-11-7-19(8-12-33)39-26-28-9-3-10-29-26/h3,5-6,9-10,14,17,19-20H,2,4,7-8,11-13,15-16H2,1H3,(H,30,34)(H,31,35)/t20-/m0/s1. The summed E-state index contributed by atoms with van der Waals surface area (Å²) in [7, 11) is 1.59. The van der Waals surface area contributed by atoms with E-state index < -0.39 is 5.91 Å². The van der Waals surface area contributed by atoms with Gasteiger partial charge in [-0.05, 0) is 36.6 Å². The van der Waals surface area contributed by atoms with Crippen molar-refractivity contribution >= 4 is 23.5 Å². The Labute approximate surface area is 226 Å². The lowest BCUT2D eigenvalue weighted by atomic mass is 10.1. The smallest absolute Gasteiger partial charge is 0.316 e. The Bertz CT molecular complexity index is 1250. The van der Waals surface area contributed by atoms with Gasteiger partial charge in [-0.2, -0.15) is 4.98 Å². The highest BCUT2D eigenvalue weighted by molar-refractivity contribution is 6.08. The summed E-state index contributed by atoms with van der Waals surface area (Å²) < 4.78 is 22.3. The Hall–Kier alpha value is -4.03. The number of piperidine rings is 1. The Balaban J connectivity index is 1.21. The Kier molecular flexibility index (Phi) is 8.64. The van der Waals surface area contributed by atoms with E-state index in [0.29, 0.717) is 56.1 Å². The number of ether oxygens (including phenoxy) is 3. The Morgan fingerprint density at radius 1 is 1.13 bits per heavy atom. The highest BCUT2D eigenvalue weighted by Gasteiger charge is 2.26. The van der Waals surface area contributed by atoms with Gasteiger partial charge < -0.3 is 34.2 Å². The van der Waals surface area contributed by atoms with Gasteiger partial charge in [-0.3, -0.25) is 9.59 Å². The van der Waals surface area contributed by atoms with E-state index in [4.69, 9.17) is 18.6 Å². The van der Waals surface area contributed by atoms with Crippen molar-refractivity contribution < 1.29 is 28.2 Å². The van der Waals surface area contributed by atoms with E-state index in [1.165, 1.54) is 6.26 Å². The molecule has 2 saturated heterocycles. The minimum atomic E-state index is -0.479. The average molecular weight is 537 g/mol. The molecule has 1 aromatic carbocycles. The molecule has 0 radical (unpaired) electrons. The normalized spacial score (nSPS) is 17.7. The summed E-state index contributed by atoms with van der Waals surface area (Å²) in [5, 5.41) is 5.73. The van der Waals surface area contributed by atoms with Gasteiger partial charge in [0.25, 0.3) is 17.8 Å². The molecule has 2 N–H and O–H groups in total. The molecule has 0 bridgehead atoms. The molecule has 2 fully saturated rings. The number of anilines is 2. The van der Waals surface area contributed by atoms with Crippen LogP contribution in [0.3, 0.4) is 0 Å². The lowest BCUT2D eigenvalue weighted by molar-refractivity contribution is 0.0858. The number of nitrogens with one attached hydrogen (secondary N) is 2. The molecule has 0 saturated carbocycles. The van der Waals surface area contributed by atoms with Gasteiger partial charge in [-0.25, -0.2) is 9.97 Å². The topological polar surface area (TPSA) is 141 Å². The molecular formula is C27H32N6O6. The summed E-state index contributed by atoms with van der Waals surface area (Å²) in [5.74, 6) is -0.774. The van der Waals surface area contributed by atoms with Crippen LogP contribution in [0.25, 0.3) is 0 Å². The quantitative estimate of drug-likeness (QED) is 0.397. The van der Waals surface area contributed by atoms with Crippen LogP contribution in [0.15, 0.2) is 47.3 Å². The van der Waals surface area contributed by atoms with Crippen LogP contribution >= 0.6 is 0 Å². The number of nitrogens with zero attached hydrogens (tertiary/aromatic N) is 4. The fourth-order valence-electron chi connectivity index (χ4n) is 4.62. The third kappa shape index (κ3) is 6.89. The summed E-state index contributed by atoms with van der Waals surface area (Å²) in [6.45, 7) is 2.76. The first-order valence-corrected chi connectivity index (χ1v) is 13.1. The molecule has 2 aliphatic rings. The molecule has 0 unspecified atom stereocenters. The van der Waals surface area contributed by atoms with Gasteiger partial charge in [-0.1, -0.05) is 6.07 Å². The van der Waals surface area contributed by atoms with E-state index in [-0.39, 0.29) is 23.8 Å². The molecule has 206 valence electrons. The van der Waals surface area contributed by atoms with E-state index in [1.54, 1.807) is 43.8 Å². The van der Waals surface area contributed by atoms with Crippen molar-refractivity contribution in [3.8, 4) is 6.01 Å². The van der Waals surface area contributed by atoms with E-state index in [1.807, 2.05) is 4.90 Å². The molecule has 12 nitrogen and oxygen atoms in total. The molecule has 39 heavy (non-hydrogen) atoms. The first-order valence-electron chi connectivity index (χ1n) is 13.1. The van der Waals surface area contributed by atoms with Gasteiger partial charge in [0.15, 0.2) is 5.69 Å². The van der Waals surface area contributed by atoms with E-state index in [0.717, 1.165) is 31.2 Å². The van der Waals surface area contributed by atoms with Gasteiger partial charge in [0.1, 0.15) is 12.4 Å². The maximum absolute atomic E-state index is 13.1. The number of benzene rings is 1. The number of methoxy groups -OCH3 is 1. The largest absolute Gasteiger partial charge is 0.460 e. The summed E-state index contributed by atoms with van der Waals surface area (Å²) in [5.41, 5.74) is 1.64. The molecule has 2 aliphatic heterocycles. The number of rotatable bonds is 10. The second kappa shape index (κ2) is 12.7. The Morgan fingerprint density at radius 2 is 1.95 bits per heavy atom. The zero-order chi connectivity index (χ0) is 27.0. The highest BCUT2D eigenvalue weighted by Crippen LogP contribution is 2.24. The number of amides is 2. The molecule has 0 spiro atoms. The van der Waals surface area contributed by atoms with Crippen molar-refractivity contribution in [3.63, 3.8) is 0 Å². The van der Waals surface area contributed by atoms with Gasteiger partial charge in [0, 0.05) is 58.6 Å². The number of carbonyl (C=O) groups excluding carboxylic acids is 2. The van der Waals surface area contributed by atoms with Crippen LogP contribution in [0.5, 0.6) is 6.01 Å². The van der Waals surface area contributed by atoms with Crippen molar-refractivity contribution in [3.05, 3.63) is 59.7 Å². The molecule has 12 heteroatoms. The van der Waals surface area contributed by atoms with Gasteiger partial charge in [0.2, 0.25) is 0 Å². The molecule has 5 rings (SSSR count). The van der Waals surface area contributed by atoms with Crippen molar-refractivity contribution in [1.29, 1.82) is 0 Å². The predicted octanol–water partition coefficient (Wildman–Crippen LogP) is 2.82. The summed E-state index contributed by atoms with van der Waals surface area (Å²) in [4.78, 5) is 40.6. The first kappa shape index (κ1) is 26.6. The van der Waals surface area contributed by atoms with E-state index >= 15 is 0 Å². The molecule has 1 atom stereocenters. The number of hydrogen-bond donors (Lipinski definition) is 2. The van der Waals surface area contributed by atoms with Crippen molar-refractivity contribution in [1.82, 2.24) is 20.3 Å². The van der Waals surface area contributed by atoms with Gasteiger partial charge >= 0.3 is 6.01 Å². The average Bonchev–Trinajstić information content (AvgIpc) is 3.66. The minimum absolute atomic E-state index is 0.00874. The molecular weight excluding hydrogens is 504 g/mol. The monoisotopic (exact) mass is 536 g/mol. The lowest BCUT2D eigenvalue weighted by Gasteiger charge is -2.30. The summed E-state index contributed by atoms with van der Waals surface area (Å²) in [6.07, 6.45) is 7.98. The predicted molar refractivity (Wildman–Crippen MR) is 141 cm³/mol. The number of carbonyl (C=O) groups is 2. The van der Waals surface area contributed by atoms with Crippen LogP contribution < -0.4 is 20.3 Å². The van der Waals surface area contributed by atoms with Crippen LogP contribution in [0.2, 0.25) is 0 Å². The maximum Gasteiger partial charge on any atom is 0.316 e. The zero-order valence-electron chi connectivity index (χ0n) is 21.8. The molecule has 4 heterocycles. The molecule has 2 aromatic heterocycles. The molecule has 0 aliphatic carbocycles. The van der Waals surface area contributed by atoms with Gasteiger partial charge in [-0.15, -0.1) is 0 Å². The van der Waals surface area contributed by atoms with Crippen molar-refractivity contribution in [2.45, 2.75) is 44.5 Å². The van der Waals surface area contributed by atoms with Crippen LogP contribution in [0.1, 0.15) is 52.1 Å². The fraction of sp³-hybridized carbons (Fsp3) is 0.444. The SMILES string of the molecule is COCc1ccc(C(=O)NC[C@@H]2CCCO2)c(NC(=O)c2coc(N3CCC(Oc4ncccn4)CC3)n2)c1. The second-order valence-corrected chi connectivity index (χ2v) is 9.46. The number of hydrogen-bond acceptors (Lipinski definition) is 10. The van der Waals surface area contributed by atoms with Crippen LogP contribution in [-0.2, 0) is 16.1 Å². The van der Waals surface area contributed by atoms with Crippen LogP contribution in [-0.4, -0.2) is 72.3 Å². The number of oxazole rings is 1. The second-order valence-electron chi connectivity index (χ2n) is 9.46. The highest BCUT2D eigenvalue weighted by atomic mass is 16.5. The molecule has 2 amide bonds. The van der Waals surface area contributed by atoms with Crippen molar-refractivity contribution in [2.75, 3.05) is 43.6 Å². The summed E-state index contributed by atoms with van der Waals surface area (Å²) >= 11 is 0. The lowest BCUT2D eigenvalue weighted by Crippen LogP contribution is -2.38. The van der Waals surface area contributed by atoms with E-state index in [2.05, 4.69) is 25.6 Å². The van der Waals surface area contributed by atoms with Crippen LogP contribution in [0, 0.1) is 0 Å². The third-order valence-electron chi connectivity index (χ3n) is 6.65. The first-order chi connectivity index (χ1) is 19.1. The maximum atomic E-state index is 13.1. The van der Waals surface area contributed by atoms with Gasteiger partial charge in [0.05, 0.1) is 24.0 Å². The van der Waals surface area contributed by atoms with E-state index in [9.17, 15) is 9.59 Å².